The van der Waals surface area contributed by atoms with Gasteiger partial charge in [-0.05, 0) is 46.7 Å². The highest BCUT2D eigenvalue weighted by molar-refractivity contribution is 4.70. The van der Waals surface area contributed by atoms with E-state index in [2.05, 4.69) is 38.0 Å². The Morgan fingerprint density at radius 3 is 2.56 bits per heavy atom. The van der Waals surface area contributed by atoms with Crippen molar-refractivity contribution in [2.75, 3.05) is 33.9 Å². The smallest absolute Gasteiger partial charge is 0.0474 e. The summed E-state index contributed by atoms with van der Waals surface area (Å²) in [5.41, 5.74) is 0. The molecule has 0 aliphatic rings. The van der Waals surface area contributed by atoms with Crippen LogP contribution in [0.2, 0.25) is 0 Å². The van der Waals surface area contributed by atoms with Crippen LogP contribution in [0.1, 0.15) is 40.0 Å². The molecule has 1 N–H and O–H groups in total. The van der Waals surface area contributed by atoms with Crippen LogP contribution in [0.4, 0.5) is 0 Å². The third-order valence-electron chi connectivity index (χ3n) is 3.05. The Bertz CT molecular complexity index is 153. The lowest BCUT2D eigenvalue weighted by Gasteiger charge is -2.27. The van der Waals surface area contributed by atoms with E-state index in [0.29, 0.717) is 12.1 Å². The molecule has 3 heteroatoms. The fourth-order valence-electron chi connectivity index (χ4n) is 1.84. The summed E-state index contributed by atoms with van der Waals surface area (Å²) in [6.45, 7) is 9.89. The molecule has 0 radical (unpaired) electrons. The zero-order valence-corrected chi connectivity index (χ0v) is 11.8. The van der Waals surface area contributed by atoms with Crippen molar-refractivity contribution < 1.29 is 4.74 Å². The molecule has 0 aliphatic heterocycles. The first kappa shape index (κ1) is 15.9. The highest BCUT2D eigenvalue weighted by Crippen LogP contribution is 2.05. The quantitative estimate of drug-likeness (QED) is 0.582. The molecule has 0 heterocycles. The van der Waals surface area contributed by atoms with Crippen LogP contribution in [0.5, 0.6) is 0 Å². The highest BCUT2D eigenvalue weighted by atomic mass is 16.5. The summed E-state index contributed by atoms with van der Waals surface area (Å²) in [6.07, 6.45) is 3.54. The fourth-order valence-corrected chi connectivity index (χ4v) is 1.84. The molecule has 0 fully saturated rings. The van der Waals surface area contributed by atoms with Crippen molar-refractivity contribution in [1.82, 2.24) is 10.2 Å². The first-order valence-electron chi connectivity index (χ1n) is 6.54. The van der Waals surface area contributed by atoms with E-state index in [0.717, 1.165) is 26.1 Å². The molecule has 2 atom stereocenters. The van der Waals surface area contributed by atoms with Crippen LogP contribution < -0.4 is 5.32 Å². The molecule has 0 saturated carbocycles. The number of methoxy groups -OCH3 is 1. The first-order valence-corrected chi connectivity index (χ1v) is 6.54. The molecule has 2 unspecified atom stereocenters. The molecular formula is C13H30N2O. The van der Waals surface area contributed by atoms with Crippen molar-refractivity contribution in [3.05, 3.63) is 0 Å². The number of nitrogens with zero attached hydrogens (tertiary/aromatic N) is 1. The summed E-state index contributed by atoms with van der Waals surface area (Å²) in [6, 6.07) is 1.25. The average Bonchev–Trinajstić information content (AvgIpc) is 2.26. The van der Waals surface area contributed by atoms with Gasteiger partial charge in [-0.25, -0.2) is 0 Å². The molecule has 0 saturated heterocycles. The number of nitrogens with one attached hydrogen (secondary N) is 1. The number of hydrogen-bond acceptors (Lipinski definition) is 3. The van der Waals surface area contributed by atoms with Gasteiger partial charge >= 0.3 is 0 Å². The Hall–Kier alpha value is -0.120. The summed E-state index contributed by atoms with van der Waals surface area (Å²) in [4.78, 5) is 2.42. The molecule has 98 valence electrons. The SMILES string of the molecule is CCCNC(C)CC(C)N(C)CCCOC. The summed E-state index contributed by atoms with van der Waals surface area (Å²) >= 11 is 0. The van der Waals surface area contributed by atoms with Crippen molar-refractivity contribution in [3.8, 4) is 0 Å². The summed E-state index contributed by atoms with van der Waals surface area (Å²) in [5, 5.41) is 3.53. The Labute approximate surface area is 102 Å². The van der Waals surface area contributed by atoms with E-state index in [4.69, 9.17) is 4.74 Å². The van der Waals surface area contributed by atoms with Crippen molar-refractivity contribution in [1.29, 1.82) is 0 Å². The second-order valence-electron chi connectivity index (χ2n) is 4.77. The molecule has 0 aromatic rings. The minimum absolute atomic E-state index is 0.611. The van der Waals surface area contributed by atoms with Crippen LogP contribution in [0.3, 0.4) is 0 Å². The van der Waals surface area contributed by atoms with Crippen LogP contribution in [0, 0.1) is 0 Å². The predicted octanol–water partition coefficient (Wildman–Crippen LogP) is 2.12. The molecule has 0 aromatic heterocycles. The van der Waals surface area contributed by atoms with Gasteiger partial charge in [0, 0.05) is 32.3 Å². The molecule has 0 spiro atoms. The molecule has 0 bridgehead atoms. The van der Waals surface area contributed by atoms with Gasteiger partial charge in [0.2, 0.25) is 0 Å². The van der Waals surface area contributed by atoms with Gasteiger partial charge in [0.25, 0.3) is 0 Å². The average molecular weight is 230 g/mol. The van der Waals surface area contributed by atoms with Gasteiger partial charge in [-0.1, -0.05) is 6.92 Å². The number of hydrogen-bond donors (Lipinski definition) is 1. The third-order valence-corrected chi connectivity index (χ3v) is 3.05. The highest BCUT2D eigenvalue weighted by Gasteiger charge is 2.12. The van der Waals surface area contributed by atoms with Crippen LogP contribution in [-0.2, 0) is 4.74 Å². The van der Waals surface area contributed by atoms with Crippen LogP contribution in [0.15, 0.2) is 0 Å². The maximum atomic E-state index is 5.07. The number of rotatable bonds is 10. The molecule has 0 aliphatic carbocycles. The Morgan fingerprint density at radius 1 is 1.31 bits per heavy atom. The van der Waals surface area contributed by atoms with Gasteiger partial charge in [0.1, 0.15) is 0 Å². The zero-order chi connectivity index (χ0) is 12.4. The van der Waals surface area contributed by atoms with Crippen molar-refractivity contribution in [2.45, 2.75) is 52.1 Å². The van der Waals surface area contributed by atoms with E-state index in [-0.39, 0.29) is 0 Å². The van der Waals surface area contributed by atoms with Crippen LogP contribution >= 0.6 is 0 Å². The Balaban J connectivity index is 3.63. The largest absolute Gasteiger partial charge is 0.385 e. The van der Waals surface area contributed by atoms with Gasteiger partial charge in [-0.2, -0.15) is 0 Å². The molecular weight excluding hydrogens is 200 g/mol. The van der Waals surface area contributed by atoms with Crippen molar-refractivity contribution >= 4 is 0 Å². The van der Waals surface area contributed by atoms with E-state index in [9.17, 15) is 0 Å². The number of ether oxygens (including phenoxy) is 1. The van der Waals surface area contributed by atoms with E-state index in [1.807, 2.05) is 0 Å². The molecule has 3 nitrogen and oxygen atoms in total. The lowest BCUT2D eigenvalue weighted by molar-refractivity contribution is 0.163. The molecule has 0 aromatic carbocycles. The normalized spacial score (nSPS) is 15.4. The van der Waals surface area contributed by atoms with E-state index in [1.165, 1.54) is 12.8 Å². The molecule has 0 amide bonds. The predicted molar refractivity (Wildman–Crippen MR) is 71.0 cm³/mol. The van der Waals surface area contributed by atoms with Gasteiger partial charge < -0.3 is 15.0 Å². The third kappa shape index (κ3) is 8.08. The lowest BCUT2D eigenvalue weighted by atomic mass is 10.1. The van der Waals surface area contributed by atoms with E-state index >= 15 is 0 Å². The fraction of sp³-hybridized carbons (Fsp3) is 1.00. The summed E-state index contributed by atoms with van der Waals surface area (Å²) in [5.74, 6) is 0. The van der Waals surface area contributed by atoms with Gasteiger partial charge in [0.05, 0.1) is 0 Å². The van der Waals surface area contributed by atoms with Crippen molar-refractivity contribution in [2.24, 2.45) is 0 Å². The topological polar surface area (TPSA) is 24.5 Å². The van der Waals surface area contributed by atoms with E-state index in [1.54, 1.807) is 7.11 Å². The monoisotopic (exact) mass is 230 g/mol. The standard InChI is InChI=1S/C13H30N2O/c1-6-8-14-12(2)11-13(3)15(4)9-7-10-16-5/h12-14H,6-11H2,1-5H3. The maximum absolute atomic E-state index is 5.07. The molecule has 16 heavy (non-hydrogen) atoms. The Kier molecular flexibility index (Phi) is 9.99. The second-order valence-corrected chi connectivity index (χ2v) is 4.77. The summed E-state index contributed by atoms with van der Waals surface area (Å²) < 4.78 is 5.07. The summed E-state index contributed by atoms with van der Waals surface area (Å²) in [7, 11) is 3.97. The van der Waals surface area contributed by atoms with Gasteiger partial charge in [-0.15, -0.1) is 0 Å². The lowest BCUT2D eigenvalue weighted by Crippen LogP contribution is -2.37. The second kappa shape index (κ2) is 10.1. The van der Waals surface area contributed by atoms with Crippen LogP contribution in [-0.4, -0.2) is 50.8 Å². The van der Waals surface area contributed by atoms with Crippen LogP contribution in [0.25, 0.3) is 0 Å². The Morgan fingerprint density at radius 2 is 2.00 bits per heavy atom. The maximum Gasteiger partial charge on any atom is 0.0474 e. The van der Waals surface area contributed by atoms with E-state index < -0.39 is 0 Å². The minimum atomic E-state index is 0.611. The minimum Gasteiger partial charge on any atom is -0.385 e. The van der Waals surface area contributed by atoms with Crippen molar-refractivity contribution in [3.63, 3.8) is 0 Å². The van der Waals surface area contributed by atoms with Gasteiger partial charge in [-0.3, -0.25) is 0 Å². The van der Waals surface area contributed by atoms with Gasteiger partial charge in [0.15, 0.2) is 0 Å². The zero-order valence-electron chi connectivity index (χ0n) is 11.8. The first-order chi connectivity index (χ1) is 7.61. The molecule has 0 rings (SSSR count).